The van der Waals surface area contributed by atoms with Crippen LogP contribution in [0.3, 0.4) is 0 Å². The van der Waals surface area contributed by atoms with Crippen LogP contribution in [0.2, 0.25) is 0 Å². The summed E-state index contributed by atoms with van der Waals surface area (Å²) >= 11 is 0. The van der Waals surface area contributed by atoms with Gasteiger partial charge in [0.15, 0.2) is 0 Å². The molecule has 6 heteroatoms. The average Bonchev–Trinajstić information content (AvgIpc) is 2.76. The van der Waals surface area contributed by atoms with Gasteiger partial charge in [-0.2, -0.15) is 0 Å². The topological polar surface area (TPSA) is 75.4 Å². The largest absolute Gasteiger partial charge is 0.444 e. The summed E-state index contributed by atoms with van der Waals surface area (Å²) in [7, 11) is 0. The summed E-state index contributed by atoms with van der Waals surface area (Å²) in [5.41, 5.74) is -0.336. The molecule has 1 saturated heterocycles. The van der Waals surface area contributed by atoms with Gasteiger partial charge in [-0.1, -0.05) is 20.8 Å². The molecule has 1 aromatic heterocycles. The molecular weight excluding hydrogens is 258 g/mol. The van der Waals surface area contributed by atoms with Crippen molar-refractivity contribution in [1.29, 1.82) is 0 Å². The van der Waals surface area contributed by atoms with Gasteiger partial charge in [0.05, 0.1) is 6.20 Å². The average molecular weight is 279 g/mol. The second-order valence-corrected chi connectivity index (χ2v) is 6.32. The number of hydrogen-bond acceptors (Lipinski definition) is 4. The van der Waals surface area contributed by atoms with E-state index in [1.165, 1.54) is 4.90 Å². The normalized spacial score (nSPS) is 21.9. The first-order valence-corrected chi connectivity index (χ1v) is 6.72. The molecule has 1 fully saturated rings. The second-order valence-electron chi connectivity index (χ2n) is 6.32. The predicted molar refractivity (Wildman–Crippen MR) is 72.8 cm³/mol. The molecule has 2 atom stereocenters. The third-order valence-electron chi connectivity index (χ3n) is 3.48. The molecule has 0 aromatic carbocycles. The van der Waals surface area contributed by atoms with Gasteiger partial charge in [-0.25, -0.2) is 4.98 Å². The van der Waals surface area contributed by atoms with E-state index in [1.807, 2.05) is 27.7 Å². The molecular formula is C14H21N3O3. The minimum atomic E-state index is -0.526. The molecule has 2 rings (SSSR count). The van der Waals surface area contributed by atoms with Crippen molar-refractivity contribution in [2.24, 2.45) is 5.41 Å². The fourth-order valence-electron chi connectivity index (χ4n) is 2.28. The van der Waals surface area contributed by atoms with Crippen LogP contribution in [0, 0.1) is 12.3 Å². The molecule has 6 nitrogen and oxygen atoms in total. The van der Waals surface area contributed by atoms with Crippen LogP contribution < -0.4 is 5.32 Å². The van der Waals surface area contributed by atoms with Gasteiger partial charge in [0.1, 0.15) is 24.4 Å². The van der Waals surface area contributed by atoms with Crippen LogP contribution >= 0.6 is 0 Å². The van der Waals surface area contributed by atoms with Crippen molar-refractivity contribution in [2.75, 3.05) is 6.54 Å². The molecule has 110 valence electrons. The number of carbonyl (C=O) groups excluding carboxylic acids is 2. The Bertz CT molecular complexity index is 530. The number of piperazine rings is 1. The minimum Gasteiger partial charge on any atom is -0.444 e. The molecule has 2 amide bonds. The Kier molecular flexibility index (Phi) is 3.58. The highest BCUT2D eigenvalue weighted by Crippen LogP contribution is 2.28. The van der Waals surface area contributed by atoms with Gasteiger partial charge in [0.2, 0.25) is 17.7 Å². The van der Waals surface area contributed by atoms with Gasteiger partial charge in [0, 0.05) is 0 Å². The molecule has 0 bridgehead atoms. The number of hydrogen-bond donors (Lipinski definition) is 1. The third-order valence-corrected chi connectivity index (χ3v) is 3.48. The van der Waals surface area contributed by atoms with Crippen LogP contribution in [0.15, 0.2) is 10.6 Å². The minimum absolute atomic E-state index is 0.0357. The highest BCUT2D eigenvalue weighted by atomic mass is 16.4. The number of nitrogens with one attached hydrogen (secondary N) is 1. The monoisotopic (exact) mass is 279 g/mol. The SMILES string of the molecule is Cc1cnc(C(C)N2CC(=O)NC(C(C)(C)C)C2=O)o1. The highest BCUT2D eigenvalue weighted by molar-refractivity contribution is 5.95. The molecule has 2 unspecified atom stereocenters. The lowest BCUT2D eigenvalue weighted by atomic mass is 9.84. The summed E-state index contributed by atoms with van der Waals surface area (Å²) in [6.45, 7) is 9.44. The maximum absolute atomic E-state index is 12.6. The van der Waals surface area contributed by atoms with E-state index in [0.717, 1.165) is 0 Å². The van der Waals surface area contributed by atoms with Crippen molar-refractivity contribution in [3.63, 3.8) is 0 Å². The lowest BCUT2D eigenvalue weighted by molar-refractivity contribution is -0.150. The highest BCUT2D eigenvalue weighted by Gasteiger charge is 2.42. The Balaban J connectivity index is 2.26. The second kappa shape index (κ2) is 4.92. The molecule has 20 heavy (non-hydrogen) atoms. The molecule has 1 N–H and O–H groups in total. The van der Waals surface area contributed by atoms with Crippen LogP contribution in [-0.2, 0) is 9.59 Å². The van der Waals surface area contributed by atoms with Gasteiger partial charge >= 0.3 is 0 Å². The number of nitrogens with zero attached hydrogens (tertiary/aromatic N) is 2. The van der Waals surface area contributed by atoms with Crippen molar-refractivity contribution in [1.82, 2.24) is 15.2 Å². The van der Waals surface area contributed by atoms with E-state index in [4.69, 9.17) is 4.42 Å². The van der Waals surface area contributed by atoms with Gasteiger partial charge in [-0.15, -0.1) is 0 Å². The fourth-order valence-corrected chi connectivity index (χ4v) is 2.28. The standard InChI is InChI=1S/C14H21N3O3/c1-8-6-15-12(20-8)9(2)17-7-10(18)16-11(13(17)19)14(3,4)5/h6,9,11H,7H2,1-5H3,(H,16,18). The molecule has 1 aliphatic heterocycles. The van der Waals surface area contributed by atoms with E-state index in [0.29, 0.717) is 11.7 Å². The van der Waals surface area contributed by atoms with Crippen molar-refractivity contribution < 1.29 is 14.0 Å². The van der Waals surface area contributed by atoms with Crippen LogP contribution in [-0.4, -0.2) is 34.3 Å². The summed E-state index contributed by atoms with van der Waals surface area (Å²) in [4.78, 5) is 30.1. The van der Waals surface area contributed by atoms with E-state index in [9.17, 15) is 9.59 Å². The summed E-state index contributed by atoms with van der Waals surface area (Å²) in [5, 5.41) is 2.77. The van der Waals surface area contributed by atoms with Crippen molar-refractivity contribution in [3.05, 3.63) is 17.8 Å². The Morgan fingerprint density at radius 3 is 2.60 bits per heavy atom. The quantitative estimate of drug-likeness (QED) is 0.888. The van der Waals surface area contributed by atoms with Crippen molar-refractivity contribution >= 4 is 11.8 Å². The number of oxazole rings is 1. The zero-order valence-corrected chi connectivity index (χ0v) is 12.6. The summed E-state index contributed by atoms with van der Waals surface area (Å²) in [5.74, 6) is 0.895. The van der Waals surface area contributed by atoms with Gasteiger partial charge < -0.3 is 14.6 Å². The van der Waals surface area contributed by atoms with E-state index >= 15 is 0 Å². The van der Waals surface area contributed by atoms with E-state index in [1.54, 1.807) is 13.1 Å². The number of aromatic nitrogens is 1. The first-order valence-electron chi connectivity index (χ1n) is 6.72. The number of aryl methyl sites for hydroxylation is 1. The van der Waals surface area contributed by atoms with Crippen LogP contribution in [0.1, 0.15) is 45.4 Å². The fraction of sp³-hybridized carbons (Fsp3) is 0.643. The Labute approximate surface area is 118 Å². The van der Waals surface area contributed by atoms with E-state index in [-0.39, 0.29) is 29.8 Å². The Morgan fingerprint density at radius 1 is 1.45 bits per heavy atom. The molecule has 0 radical (unpaired) electrons. The van der Waals surface area contributed by atoms with E-state index in [2.05, 4.69) is 10.3 Å². The summed E-state index contributed by atoms with van der Waals surface area (Å²) in [6, 6.07) is -0.880. The van der Waals surface area contributed by atoms with Crippen molar-refractivity contribution in [2.45, 2.75) is 46.7 Å². The number of carbonyl (C=O) groups is 2. The van der Waals surface area contributed by atoms with E-state index < -0.39 is 6.04 Å². The van der Waals surface area contributed by atoms with Crippen molar-refractivity contribution in [3.8, 4) is 0 Å². The van der Waals surface area contributed by atoms with Gasteiger partial charge in [-0.05, 0) is 19.3 Å². The first kappa shape index (κ1) is 14.6. The molecule has 0 spiro atoms. The molecule has 2 heterocycles. The zero-order chi connectivity index (χ0) is 15.1. The van der Waals surface area contributed by atoms with Gasteiger partial charge in [-0.3, -0.25) is 9.59 Å². The zero-order valence-electron chi connectivity index (χ0n) is 12.6. The molecule has 1 aromatic rings. The maximum atomic E-state index is 12.6. The summed E-state index contributed by atoms with van der Waals surface area (Å²) in [6.07, 6.45) is 1.61. The molecule has 0 saturated carbocycles. The Hall–Kier alpha value is -1.85. The lowest BCUT2D eigenvalue weighted by Crippen LogP contribution is -2.62. The smallest absolute Gasteiger partial charge is 0.246 e. The van der Waals surface area contributed by atoms with Gasteiger partial charge in [0.25, 0.3) is 0 Å². The number of rotatable bonds is 2. The maximum Gasteiger partial charge on any atom is 0.246 e. The molecule has 1 aliphatic rings. The lowest BCUT2D eigenvalue weighted by Gasteiger charge is -2.40. The number of amides is 2. The summed E-state index contributed by atoms with van der Waals surface area (Å²) < 4.78 is 5.47. The first-order chi connectivity index (χ1) is 9.20. The van der Waals surface area contributed by atoms with Crippen LogP contribution in [0.25, 0.3) is 0 Å². The van der Waals surface area contributed by atoms with Crippen LogP contribution in [0.4, 0.5) is 0 Å². The Morgan fingerprint density at radius 2 is 2.10 bits per heavy atom. The third kappa shape index (κ3) is 2.69. The molecule has 0 aliphatic carbocycles. The van der Waals surface area contributed by atoms with Crippen LogP contribution in [0.5, 0.6) is 0 Å². The predicted octanol–water partition coefficient (Wildman–Crippen LogP) is 1.42.